The van der Waals surface area contributed by atoms with Crippen LogP contribution in [0, 0.1) is 11.2 Å². The first-order valence-corrected chi connectivity index (χ1v) is 10.4. The number of aryl methyl sites for hydroxylation is 1. The van der Waals surface area contributed by atoms with Crippen molar-refractivity contribution in [3.05, 3.63) is 53.4 Å². The number of rotatable bonds is 9. The van der Waals surface area contributed by atoms with E-state index < -0.39 is 0 Å². The number of unbranched alkanes of at least 4 members (excludes halogenated alkanes) is 1. The standard InChI is InChI=1S/C22H32FN3OS/c1-5-6-10-20-24-13-18(14-25-21(27)19(28)12-22(2,3)4)26(20)15-16-8-7-9-17(23)11-16/h7-9,11,13,19,28H,5-6,10,12,14-15H2,1-4H3,(H,25,27). The topological polar surface area (TPSA) is 46.9 Å². The van der Waals surface area contributed by atoms with Crippen LogP contribution in [0.25, 0.3) is 0 Å². The van der Waals surface area contributed by atoms with Crippen molar-refractivity contribution >= 4 is 18.5 Å². The van der Waals surface area contributed by atoms with Crippen molar-refractivity contribution in [2.75, 3.05) is 0 Å². The number of carbonyl (C=O) groups excluding carboxylic acids is 1. The number of imidazole rings is 1. The summed E-state index contributed by atoms with van der Waals surface area (Å²) in [6.45, 7) is 9.35. The minimum Gasteiger partial charge on any atom is -0.350 e. The van der Waals surface area contributed by atoms with Crippen LogP contribution in [0.2, 0.25) is 0 Å². The molecular weight excluding hydrogens is 373 g/mol. The summed E-state index contributed by atoms with van der Waals surface area (Å²) in [6, 6.07) is 6.60. The highest BCUT2D eigenvalue weighted by Gasteiger charge is 2.22. The van der Waals surface area contributed by atoms with Crippen LogP contribution in [-0.2, 0) is 24.3 Å². The number of benzene rings is 1. The highest BCUT2D eigenvalue weighted by atomic mass is 32.1. The van der Waals surface area contributed by atoms with Gasteiger partial charge in [0.05, 0.1) is 23.7 Å². The molecule has 4 nitrogen and oxygen atoms in total. The third kappa shape index (κ3) is 6.97. The van der Waals surface area contributed by atoms with Crippen LogP contribution < -0.4 is 5.32 Å². The molecule has 0 fully saturated rings. The molecule has 1 N–H and O–H groups in total. The number of aromatic nitrogens is 2. The number of amides is 1. The first kappa shape index (κ1) is 22.5. The maximum Gasteiger partial charge on any atom is 0.233 e. The summed E-state index contributed by atoms with van der Waals surface area (Å²) in [5.41, 5.74) is 1.83. The van der Waals surface area contributed by atoms with Crippen LogP contribution in [0.5, 0.6) is 0 Å². The molecule has 2 rings (SSSR count). The summed E-state index contributed by atoms with van der Waals surface area (Å²) in [7, 11) is 0. The van der Waals surface area contributed by atoms with E-state index in [-0.39, 0.29) is 22.4 Å². The van der Waals surface area contributed by atoms with E-state index in [1.165, 1.54) is 6.07 Å². The third-order valence-electron chi connectivity index (χ3n) is 4.56. The first-order valence-electron chi connectivity index (χ1n) is 9.93. The normalized spacial score (nSPS) is 12.8. The SMILES string of the molecule is CCCCc1ncc(CNC(=O)C(S)CC(C)(C)C)n1Cc1cccc(F)c1. The highest BCUT2D eigenvalue weighted by molar-refractivity contribution is 7.81. The summed E-state index contributed by atoms with van der Waals surface area (Å²) in [5.74, 6) is 0.641. The van der Waals surface area contributed by atoms with E-state index in [9.17, 15) is 9.18 Å². The Hall–Kier alpha value is -1.82. The molecule has 0 aliphatic carbocycles. The Labute approximate surface area is 173 Å². The minimum absolute atomic E-state index is 0.0379. The molecule has 0 radical (unpaired) electrons. The summed E-state index contributed by atoms with van der Waals surface area (Å²) in [6.07, 6.45) is 5.48. The lowest BCUT2D eigenvalue weighted by atomic mass is 9.90. The summed E-state index contributed by atoms with van der Waals surface area (Å²) in [5, 5.41) is 2.63. The van der Waals surface area contributed by atoms with Gasteiger partial charge < -0.3 is 9.88 Å². The molecule has 0 spiro atoms. The van der Waals surface area contributed by atoms with E-state index >= 15 is 0 Å². The van der Waals surface area contributed by atoms with E-state index in [0.717, 1.165) is 36.3 Å². The summed E-state index contributed by atoms with van der Waals surface area (Å²) in [4.78, 5) is 17.0. The maximum absolute atomic E-state index is 13.6. The van der Waals surface area contributed by atoms with Crippen molar-refractivity contribution in [2.45, 2.75) is 71.7 Å². The molecule has 0 bridgehead atoms. The van der Waals surface area contributed by atoms with Gasteiger partial charge in [-0.3, -0.25) is 4.79 Å². The van der Waals surface area contributed by atoms with E-state index in [0.29, 0.717) is 19.5 Å². The fourth-order valence-electron chi connectivity index (χ4n) is 3.11. The van der Waals surface area contributed by atoms with Crippen LogP contribution in [0.3, 0.4) is 0 Å². The number of hydrogen-bond acceptors (Lipinski definition) is 3. The van der Waals surface area contributed by atoms with Crippen LogP contribution in [0.15, 0.2) is 30.5 Å². The lowest BCUT2D eigenvalue weighted by molar-refractivity contribution is -0.121. The molecule has 2 aromatic rings. The smallest absolute Gasteiger partial charge is 0.233 e. The average Bonchev–Trinajstić information content (AvgIpc) is 2.98. The minimum atomic E-state index is -0.348. The second kappa shape index (κ2) is 10.1. The Kier molecular flexibility index (Phi) is 8.10. The molecule has 1 aromatic heterocycles. The molecule has 0 saturated heterocycles. The molecule has 28 heavy (non-hydrogen) atoms. The van der Waals surface area contributed by atoms with Gasteiger partial charge in [-0.05, 0) is 36.0 Å². The second-order valence-corrected chi connectivity index (χ2v) is 9.11. The van der Waals surface area contributed by atoms with E-state index in [2.05, 4.69) is 55.2 Å². The lowest BCUT2D eigenvalue weighted by Crippen LogP contribution is -2.34. The molecule has 1 unspecified atom stereocenters. The highest BCUT2D eigenvalue weighted by Crippen LogP contribution is 2.23. The van der Waals surface area contributed by atoms with Gasteiger partial charge in [-0.2, -0.15) is 12.6 Å². The van der Waals surface area contributed by atoms with E-state index in [1.54, 1.807) is 12.1 Å². The molecule has 1 heterocycles. The van der Waals surface area contributed by atoms with Gasteiger partial charge in [0, 0.05) is 13.0 Å². The van der Waals surface area contributed by atoms with Crippen molar-refractivity contribution in [2.24, 2.45) is 5.41 Å². The Bertz CT molecular complexity index is 782. The molecule has 0 saturated carbocycles. The van der Waals surface area contributed by atoms with Crippen molar-refractivity contribution < 1.29 is 9.18 Å². The molecule has 0 aliphatic heterocycles. The zero-order valence-electron chi connectivity index (χ0n) is 17.3. The van der Waals surface area contributed by atoms with Crippen LogP contribution >= 0.6 is 12.6 Å². The molecule has 0 aliphatic rings. The lowest BCUT2D eigenvalue weighted by Gasteiger charge is -2.22. The monoisotopic (exact) mass is 405 g/mol. The largest absolute Gasteiger partial charge is 0.350 e. The third-order valence-corrected chi connectivity index (χ3v) is 4.97. The van der Waals surface area contributed by atoms with E-state index in [4.69, 9.17) is 0 Å². The van der Waals surface area contributed by atoms with Gasteiger partial charge in [0.15, 0.2) is 0 Å². The van der Waals surface area contributed by atoms with Gasteiger partial charge in [-0.25, -0.2) is 9.37 Å². The Balaban J connectivity index is 2.12. The quantitative estimate of drug-likeness (QED) is 0.591. The molecule has 1 aromatic carbocycles. The fraction of sp³-hybridized carbons (Fsp3) is 0.545. The zero-order valence-corrected chi connectivity index (χ0v) is 18.2. The fourth-order valence-corrected chi connectivity index (χ4v) is 3.75. The first-order chi connectivity index (χ1) is 13.2. The van der Waals surface area contributed by atoms with Crippen LogP contribution in [0.1, 0.15) is 64.0 Å². The molecule has 154 valence electrons. The van der Waals surface area contributed by atoms with Crippen molar-refractivity contribution in [3.8, 4) is 0 Å². The van der Waals surface area contributed by atoms with Crippen molar-refractivity contribution in [1.29, 1.82) is 0 Å². The van der Waals surface area contributed by atoms with Crippen LogP contribution in [-0.4, -0.2) is 20.7 Å². The van der Waals surface area contributed by atoms with Gasteiger partial charge >= 0.3 is 0 Å². The van der Waals surface area contributed by atoms with Crippen LogP contribution in [0.4, 0.5) is 4.39 Å². The van der Waals surface area contributed by atoms with Gasteiger partial charge in [-0.1, -0.05) is 46.2 Å². The number of halogens is 1. The van der Waals surface area contributed by atoms with Gasteiger partial charge in [0.1, 0.15) is 11.6 Å². The van der Waals surface area contributed by atoms with E-state index in [1.807, 2.05) is 12.3 Å². The Morgan fingerprint density at radius 1 is 1.36 bits per heavy atom. The Morgan fingerprint density at radius 2 is 2.11 bits per heavy atom. The molecule has 1 atom stereocenters. The predicted molar refractivity (Wildman–Crippen MR) is 115 cm³/mol. The number of thiol groups is 1. The van der Waals surface area contributed by atoms with Gasteiger partial charge in [-0.15, -0.1) is 0 Å². The molecule has 6 heteroatoms. The predicted octanol–water partition coefficient (Wildman–Crippen LogP) is 4.76. The Morgan fingerprint density at radius 3 is 2.75 bits per heavy atom. The number of carbonyl (C=O) groups is 1. The molecular formula is C22H32FN3OS. The average molecular weight is 406 g/mol. The van der Waals surface area contributed by atoms with Crippen molar-refractivity contribution in [1.82, 2.24) is 14.9 Å². The zero-order chi connectivity index (χ0) is 20.7. The number of nitrogens with zero attached hydrogens (tertiary/aromatic N) is 2. The summed E-state index contributed by atoms with van der Waals surface area (Å²) >= 11 is 4.46. The van der Waals surface area contributed by atoms with Gasteiger partial charge in [0.25, 0.3) is 0 Å². The summed E-state index contributed by atoms with van der Waals surface area (Å²) < 4.78 is 15.7. The van der Waals surface area contributed by atoms with Crippen molar-refractivity contribution in [3.63, 3.8) is 0 Å². The van der Waals surface area contributed by atoms with Gasteiger partial charge in [0.2, 0.25) is 5.91 Å². The maximum atomic E-state index is 13.6. The molecule has 1 amide bonds. The number of hydrogen-bond donors (Lipinski definition) is 2. The number of nitrogens with one attached hydrogen (secondary N) is 1. The second-order valence-electron chi connectivity index (χ2n) is 8.48.